The summed E-state index contributed by atoms with van der Waals surface area (Å²) in [4.78, 5) is 21.4. The van der Waals surface area contributed by atoms with Crippen LogP contribution in [-0.2, 0) is 23.1 Å². The molecular weight excluding hydrogens is 477 g/mol. The van der Waals surface area contributed by atoms with Crippen molar-refractivity contribution < 1.29 is 32.5 Å². The molecule has 0 aromatic rings. The van der Waals surface area contributed by atoms with Crippen molar-refractivity contribution in [2.24, 2.45) is 0 Å². The zero-order chi connectivity index (χ0) is 27.5. The number of nitrogens with zero attached hydrogens (tertiary/aromatic N) is 1. The topological polar surface area (TPSA) is 82.1 Å². The van der Waals surface area contributed by atoms with Gasteiger partial charge in [0.25, 0.3) is 0 Å². The molecule has 0 radical (unpaired) electrons. The Morgan fingerprint density at radius 3 is 1.81 bits per heavy atom. The summed E-state index contributed by atoms with van der Waals surface area (Å²) in [5, 5.41) is 0. The molecule has 216 valence electrons. The van der Waals surface area contributed by atoms with Crippen molar-refractivity contribution in [2.45, 2.75) is 117 Å². The lowest BCUT2D eigenvalue weighted by atomic mass is 10.1. The second-order valence-corrected chi connectivity index (χ2v) is 11.5. The largest absolute Gasteiger partial charge is 0.472 e. The van der Waals surface area contributed by atoms with Crippen molar-refractivity contribution in [1.29, 1.82) is 0 Å². The van der Waals surface area contributed by atoms with E-state index in [0.717, 1.165) is 25.7 Å². The van der Waals surface area contributed by atoms with Gasteiger partial charge in [0.05, 0.1) is 34.4 Å². The minimum Gasteiger partial charge on any atom is -0.466 e. The van der Waals surface area contributed by atoms with E-state index in [2.05, 4.69) is 19.1 Å². The molecule has 1 atom stereocenters. The zero-order valence-electron chi connectivity index (χ0n) is 24.5. The number of carbonyl (C=O) groups excluding carboxylic acids is 1. The SMILES string of the molecule is CC.CCCCCCCC/C=C\CCCCCCCC(=O)OCCCOP(=O)(O)OCC[N+](C)(C)C. The fourth-order valence-electron chi connectivity index (χ4n) is 3.30. The molecule has 0 saturated heterocycles. The van der Waals surface area contributed by atoms with Crippen molar-refractivity contribution in [1.82, 2.24) is 0 Å². The van der Waals surface area contributed by atoms with Gasteiger partial charge in [-0.05, 0) is 32.1 Å². The molecule has 0 aromatic heterocycles. The van der Waals surface area contributed by atoms with Crippen LogP contribution in [0.5, 0.6) is 0 Å². The van der Waals surface area contributed by atoms with E-state index in [-0.39, 0.29) is 25.8 Å². The molecule has 0 amide bonds. The Labute approximate surface area is 223 Å². The van der Waals surface area contributed by atoms with Crippen molar-refractivity contribution in [3.8, 4) is 0 Å². The van der Waals surface area contributed by atoms with Crippen molar-refractivity contribution in [2.75, 3.05) is 47.5 Å². The molecule has 36 heavy (non-hydrogen) atoms. The van der Waals surface area contributed by atoms with Crippen molar-refractivity contribution >= 4 is 13.8 Å². The summed E-state index contributed by atoms with van der Waals surface area (Å²) in [5.74, 6) is -0.219. The highest BCUT2D eigenvalue weighted by atomic mass is 31.2. The Morgan fingerprint density at radius 1 is 0.750 bits per heavy atom. The first kappa shape index (κ1) is 37.4. The van der Waals surface area contributed by atoms with Gasteiger partial charge in [0, 0.05) is 12.8 Å². The summed E-state index contributed by atoms with van der Waals surface area (Å²) in [7, 11) is 1.87. The van der Waals surface area contributed by atoms with Gasteiger partial charge in [0.2, 0.25) is 0 Å². The highest BCUT2D eigenvalue weighted by Crippen LogP contribution is 2.43. The Balaban J connectivity index is 0. The van der Waals surface area contributed by atoms with E-state index in [4.69, 9.17) is 13.8 Å². The summed E-state index contributed by atoms with van der Waals surface area (Å²) >= 11 is 0. The number of allylic oxidation sites excluding steroid dienone is 2. The standard InChI is InChI=1S/C26H52NO6P.C2H6/c1-5-6-7-8-9-10-11-12-13-14-15-16-17-18-19-21-26(28)31-23-20-24-32-34(29,30)33-25-22-27(2,3)4;1-2/h12-13H,5-11,14-25H2,1-4H3;1-2H3/p+1/b13-12-;. The van der Waals surface area contributed by atoms with E-state index >= 15 is 0 Å². The van der Waals surface area contributed by atoms with E-state index < -0.39 is 7.82 Å². The molecule has 0 spiro atoms. The van der Waals surface area contributed by atoms with Crippen LogP contribution in [0.25, 0.3) is 0 Å². The van der Waals surface area contributed by atoms with Gasteiger partial charge in [-0.15, -0.1) is 0 Å². The van der Waals surface area contributed by atoms with Crippen LogP contribution in [-0.4, -0.2) is 62.9 Å². The number of rotatable bonds is 24. The summed E-state index contributed by atoms with van der Waals surface area (Å²) < 4.78 is 27.4. The van der Waals surface area contributed by atoms with Gasteiger partial charge in [0.15, 0.2) is 0 Å². The van der Waals surface area contributed by atoms with Crippen molar-refractivity contribution in [3.05, 3.63) is 12.2 Å². The lowest BCUT2D eigenvalue weighted by Crippen LogP contribution is -2.37. The number of phosphoric acid groups is 1. The maximum absolute atomic E-state index is 11.8. The van der Waals surface area contributed by atoms with Gasteiger partial charge in [-0.25, -0.2) is 4.57 Å². The van der Waals surface area contributed by atoms with Crippen LogP contribution >= 0.6 is 7.82 Å². The maximum atomic E-state index is 11.8. The predicted molar refractivity (Wildman–Crippen MR) is 151 cm³/mol. The van der Waals surface area contributed by atoms with Crippen LogP contribution in [0, 0.1) is 0 Å². The second-order valence-electron chi connectivity index (χ2n) is 10.1. The third kappa shape index (κ3) is 31.3. The third-order valence-corrected chi connectivity index (χ3v) is 6.48. The van der Waals surface area contributed by atoms with Gasteiger partial charge in [-0.1, -0.05) is 84.3 Å². The van der Waals surface area contributed by atoms with Crippen molar-refractivity contribution in [3.63, 3.8) is 0 Å². The van der Waals surface area contributed by atoms with Gasteiger partial charge < -0.3 is 14.1 Å². The molecule has 0 bridgehead atoms. The molecule has 0 saturated carbocycles. The first-order valence-electron chi connectivity index (χ1n) is 14.4. The van der Waals surface area contributed by atoms with Crippen LogP contribution in [0.2, 0.25) is 0 Å². The average Bonchev–Trinajstić information content (AvgIpc) is 2.81. The molecule has 0 aliphatic heterocycles. The maximum Gasteiger partial charge on any atom is 0.472 e. The number of quaternary nitrogens is 1. The number of unbranched alkanes of at least 4 members (excludes halogenated alkanes) is 11. The third-order valence-electron chi connectivity index (χ3n) is 5.47. The van der Waals surface area contributed by atoms with Gasteiger partial charge in [-0.2, -0.15) is 0 Å². The minimum atomic E-state index is -4.04. The summed E-state index contributed by atoms with van der Waals surface area (Å²) in [5.41, 5.74) is 0. The first-order valence-corrected chi connectivity index (χ1v) is 15.9. The highest BCUT2D eigenvalue weighted by molar-refractivity contribution is 7.47. The Morgan fingerprint density at radius 2 is 1.25 bits per heavy atom. The predicted octanol–water partition coefficient (Wildman–Crippen LogP) is 7.82. The molecule has 0 aliphatic rings. The molecule has 0 aliphatic carbocycles. The molecular formula is C28H59NO6P+. The number of hydrogen-bond acceptors (Lipinski definition) is 5. The molecule has 1 N–H and O–H groups in total. The second kappa shape index (κ2) is 25.9. The average molecular weight is 537 g/mol. The molecule has 0 heterocycles. The van der Waals surface area contributed by atoms with Gasteiger partial charge in [0.1, 0.15) is 13.2 Å². The Kier molecular flexibility index (Phi) is 26.9. The van der Waals surface area contributed by atoms with E-state index in [9.17, 15) is 14.3 Å². The van der Waals surface area contributed by atoms with Crippen LogP contribution in [0.3, 0.4) is 0 Å². The van der Waals surface area contributed by atoms with E-state index in [1.165, 1.54) is 57.8 Å². The van der Waals surface area contributed by atoms with E-state index in [1.807, 2.05) is 35.0 Å². The fourth-order valence-corrected chi connectivity index (χ4v) is 4.05. The lowest BCUT2D eigenvalue weighted by Gasteiger charge is -2.24. The first-order chi connectivity index (χ1) is 17.2. The molecule has 0 fully saturated rings. The quantitative estimate of drug-likeness (QED) is 0.0445. The summed E-state index contributed by atoms with van der Waals surface area (Å²) in [6.07, 6.45) is 21.4. The van der Waals surface area contributed by atoms with Gasteiger partial charge >= 0.3 is 13.8 Å². The van der Waals surface area contributed by atoms with E-state index in [1.54, 1.807) is 0 Å². The number of ether oxygens (including phenoxy) is 1. The van der Waals surface area contributed by atoms with Crippen LogP contribution < -0.4 is 0 Å². The highest BCUT2D eigenvalue weighted by Gasteiger charge is 2.22. The number of likely N-dealkylation sites (N-methyl/N-ethyl adjacent to an activating group) is 1. The van der Waals surface area contributed by atoms with Crippen LogP contribution in [0.4, 0.5) is 0 Å². The smallest absolute Gasteiger partial charge is 0.466 e. The lowest BCUT2D eigenvalue weighted by molar-refractivity contribution is -0.870. The minimum absolute atomic E-state index is 0.0127. The summed E-state index contributed by atoms with van der Waals surface area (Å²) in [6.45, 7) is 7.19. The normalized spacial score (nSPS) is 13.3. The Bertz CT molecular complexity index is 563. The number of phosphoric ester groups is 1. The molecule has 1 unspecified atom stereocenters. The van der Waals surface area contributed by atoms with E-state index in [0.29, 0.717) is 23.9 Å². The molecule has 7 nitrogen and oxygen atoms in total. The number of hydrogen-bond donors (Lipinski definition) is 1. The molecule has 8 heteroatoms. The number of carbonyl (C=O) groups is 1. The zero-order valence-corrected chi connectivity index (χ0v) is 25.4. The van der Waals surface area contributed by atoms with Crippen LogP contribution in [0.15, 0.2) is 12.2 Å². The molecule has 0 rings (SSSR count). The number of esters is 1. The summed E-state index contributed by atoms with van der Waals surface area (Å²) in [6, 6.07) is 0. The molecule has 0 aromatic carbocycles. The van der Waals surface area contributed by atoms with Crippen LogP contribution in [0.1, 0.15) is 117 Å². The monoisotopic (exact) mass is 536 g/mol. The Hall–Kier alpha value is -0.720. The fraction of sp³-hybridized carbons (Fsp3) is 0.893. The van der Waals surface area contributed by atoms with Gasteiger partial charge in [-0.3, -0.25) is 13.8 Å².